The first-order valence-electron chi connectivity index (χ1n) is 6.10. The number of aromatic nitrogens is 1. The van der Waals surface area contributed by atoms with Gasteiger partial charge < -0.3 is 4.90 Å². The molecule has 4 nitrogen and oxygen atoms in total. The van der Waals surface area contributed by atoms with E-state index in [1.54, 1.807) is 11.3 Å². The van der Waals surface area contributed by atoms with Crippen LogP contribution >= 0.6 is 11.3 Å². The first-order valence-corrected chi connectivity index (χ1v) is 6.92. The molecule has 0 aliphatic heterocycles. The minimum atomic E-state index is 0.445. The lowest BCUT2D eigenvalue weighted by molar-refractivity contribution is 0.794. The van der Waals surface area contributed by atoms with Crippen LogP contribution in [0.3, 0.4) is 0 Å². The second kappa shape index (κ2) is 6.17. The number of aryl methyl sites for hydroxylation is 1. The van der Waals surface area contributed by atoms with Gasteiger partial charge in [-0.05, 0) is 24.6 Å². The van der Waals surface area contributed by atoms with E-state index in [0.717, 1.165) is 15.3 Å². The maximum atomic E-state index is 8.70. The van der Waals surface area contributed by atoms with Crippen molar-refractivity contribution >= 4 is 26.7 Å². The van der Waals surface area contributed by atoms with E-state index in [-0.39, 0.29) is 0 Å². The fourth-order valence-electron chi connectivity index (χ4n) is 1.83. The molecule has 0 spiro atoms. The molecule has 5 heteroatoms. The van der Waals surface area contributed by atoms with Crippen LogP contribution in [0.25, 0.3) is 10.2 Å². The second-order valence-electron chi connectivity index (χ2n) is 4.27. The Morgan fingerprint density at radius 1 is 1.21 bits per heavy atom. The number of fused-ring (bicyclic) bond motifs is 1. The zero-order valence-corrected chi connectivity index (χ0v) is 11.6. The zero-order valence-electron chi connectivity index (χ0n) is 10.8. The molecular formula is C14H14N4S. The average molecular weight is 270 g/mol. The van der Waals surface area contributed by atoms with Crippen molar-refractivity contribution in [1.82, 2.24) is 4.98 Å². The van der Waals surface area contributed by atoms with E-state index < -0.39 is 0 Å². The largest absolute Gasteiger partial charge is 0.346 e. The van der Waals surface area contributed by atoms with Gasteiger partial charge in [-0.15, -0.1) is 0 Å². The number of rotatable bonds is 5. The van der Waals surface area contributed by atoms with Gasteiger partial charge >= 0.3 is 0 Å². The van der Waals surface area contributed by atoms with Gasteiger partial charge in [0.1, 0.15) is 0 Å². The number of hydrogen-bond donors (Lipinski definition) is 0. The SMILES string of the molecule is Cc1ccc2nc(N(CCC#N)CCC#N)sc2c1. The fourth-order valence-corrected chi connectivity index (χ4v) is 2.94. The van der Waals surface area contributed by atoms with Crippen molar-refractivity contribution in [3.8, 4) is 12.1 Å². The third-order valence-corrected chi connectivity index (χ3v) is 3.87. The molecule has 0 aliphatic carbocycles. The summed E-state index contributed by atoms with van der Waals surface area (Å²) in [4.78, 5) is 6.61. The van der Waals surface area contributed by atoms with Gasteiger partial charge in [0, 0.05) is 13.1 Å². The summed E-state index contributed by atoms with van der Waals surface area (Å²) in [6.45, 7) is 3.30. The van der Waals surface area contributed by atoms with Crippen molar-refractivity contribution in [2.75, 3.05) is 18.0 Å². The predicted molar refractivity (Wildman–Crippen MR) is 77.0 cm³/mol. The molecule has 2 aromatic rings. The van der Waals surface area contributed by atoms with Gasteiger partial charge in [0.05, 0.1) is 35.2 Å². The third kappa shape index (κ3) is 3.21. The van der Waals surface area contributed by atoms with Crippen LogP contribution < -0.4 is 4.90 Å². The lowest BCUT2D eigenvalue weighted by Gasteiger charge is -2.18. The van der Waals surface area contributed by atoms with Crippen LogP contribution in [0.4, 0.5) is 5.13 Å². The number of nitrogens with zero attached hydrogens (tertiary/aromatic N) is 4. The van der Waals surface area contributed by atoms with Crippen LogP contribution in [0.2, 0.25) is 0 Å². The summed E-state index contributed by atoms with van der Waals surface area (Å²) >= 11 is 1.62. The van der Waals surface area contributed by atoms with Gasteiger partial charge in [-0.1, -0.05) is 17.4 Å². The van der Waals surface area contributed by atoms with E-state index in [2.05, 4.69) is 30.1 Å². The molecule has 0 fully saturated rings. The van der Waals surface area contributed by atoms with Crippen molar-refractivity contribution < 1.29 is 0 Å². The number of anilines is 1. The van der Waals surface area contributed by atoms with Gasteiger partial charge in [-0.25, -0.2) is 4.98 Å². The Kier molecular flexibility index (Phi) is 4.33. The molecule has 1 aromatic carbocycles. The summed E-state index contributed by atoms with van der Waals surface area (Å²) in [5.74, 6) is 0. The van der Waals surface area contributed by atoms with Crippen LogP contribution in [0.1, 0.15) is 18.4 Å². The maximum Gasteiger partial charge on any atom is 0.186 e. The Morgan fingerprint density at radius 2 is 1.89 bits per heavy atom. The molecule has 1 heterocycles. The van der Waals surface area contributed by atoms with Crippen molar-refractivity contribution in [2.24, 2.45) is 0 Å². The first kappa shape index (κ1) is 13.3. The van der Waals surface area contributed by atoms with Crippen molar-refractivity contribution in [3.63, 3.8) is 0 Å². The Labute approximate surface area is 116 Å². The second-order valence-corrected chi connectivity index (χ2v) is 5.28. The molecule has 0 saturated carbocycles. The Balaban J connectivity index is 2.27. The molecule has 0 radical (unpaired) electrons. The van der Waals surface area contributed by atoms with Crippen LogP contribution in [0.5, 0.6) is 0 Å². The van der Waals surface area contributed by atoms with Gasteiger partial charge in [0.15, 0.2) is 5.13 Å². The molecule has 0 atom stereocenters. The minimum absolute atomic E-state index is 0.445. The Morgan fingerprint density at radius 3 is 2.53 bits per heavy atom. The summed E-state index contributed by atoms with van der Waals surface area (Å²) in [5.41, 5.74) is 2.19. The summed E-state index contributed by atoms with van der Waals surface area (Å²) in [6, 6.07) is 10.4. The van der Waals surface area contributed by atoms with E-state index in [9.17, 15) is 0 Å². The zero-order chi connectivity index (χ0) is 13.7. The summed E-state index contributed by atoms with van der Waals surface area (Å²) in [6.07, 6.45) is 0.890. The van der Waals surface area contributed by atoms with E-state index in [4.69, 9.17) is 10.5 Å². The van der Waals surface area contributed by atoms with Crippen molar-refractivity contribution in [2.45, 2.75) is 19.8 Å². The number of hydrogen-bond acceptors (Lipinski definition) is 5. The molecule has 0 saturated heterocycles. The molecule has 0 aliphatic rings. The van der Waals surface area contributed by atoms with Crippen LogP contribution in [0.15, 0.2) is 18.2 Å². The molecule has 0 N–H and O–H groups in total. The smallest absolute Gasteiger partial charge is 0.186 e. The van der Waals surface area contributed by atoms with Crippen LogP contribution in [-0.2, 0) is 0 Å². The van der Waals surface area contributed by atoms with Crippen molar-refractivity contribution in [3.05, 3.63) is 23.8 Å². The van der Waals surface area contributed by atoms with E-state index in [1.807, 2.05) is 17.0 Å². The molecule has 19 heavy (non-hydrogen) atoms. The normalized spacial score (nSPS) is 10.1. The highest BCUT2D eigenvalue weighted by Crippen LogP contribution is 2.29. The Bertz CT molecular complexity index is 629. The van der Waals surface area contributed by atoms with Gasteiger partial charge in [-0.3, -0.25) is 0 Å². The quantitative estimate of drug-likeness (QED) is 0.836. The number of nitriles is 2. The molecule has 2 rings (SSSR count). The third-order valence-electron chi connectivity index (χ3n) is 2.79. The predicted octanol–water partition coefficient (Wildman–Crippen LogP) is 3.24. The molecule has 0 amide bonds. The molecule has 0 bridgehead atoms. The summed E-state index contributed by atoms with van der Waals surface area (Å²) < 4.78 is 1.15. The highest BCUT2D eigenvalue weighted by Gasteiger charge is 2.11. The van der Waals surface area contributed by atoms with Crippen LogP contribution in [0, 0.1) is 29.6 Å². The number of thiazole rings is 1. The Hall–Kier alpha value is -2.11. The lowest BCUT2D eigenvalue weighted by atomic mass is 10.2. The molecule has 96 valence electrons. The topological polar surface area (TPSA) is 63.7 Å². The van der Waals surface area contributed by atoms with Gasteiger partial charge in [-0.2, -0.15) is 10.5 Å². The summed E-state index contributed by atoms with van der Waals surface area (Å²) in [5, 5.41) is 18.3. The van der Waals surface area contributed by atoms with E-state index in [0.29, 0.717) is 25.9 Å². The van der Waals surface area contributed by atoms with Gasteiger partial charge in [0.25, 0.3) is 0 Å². The monoisotopic (exact) mass is 270 g/mol. The standard InChI is InChI=1S/C14H14N4S/c1-11-4-5-12-13(10-11)19-14(17-12)18(8-2-6-15)9-3-7-16/h4-5,10H,2-3,8-9H2,1H3. The van der Waals surface area contributed by atoms with Crippen molar-refractivity contribution in [1.29, 1.82) is 10.5 Å². The van der Waals surface area contributed by atoms with E-state index in [1.165, 1.54) is 5.56 Å². The van der Waals surface area contributed by atoms with Crippen LogP contribution in [-0.4, -0.2) is 18.1 Å². The first-order chi connectivity index (χ1) is 9.24. The molecule has 0 unspecified atom stereocenters. The summed E-state index contributed by atoms with van der Waals surface area (Å²) in [7, 11) is 0. The van der Waals surface area contributed by atoms with Gasteiger partial charge in [0.2, 0.25) is 0 Å². The maximum absolute atomic E-state index is 8.70. The lowest BCUT2D eigenvalue weighted by Crippen LogP contribution is -2.25. The molecular weight excluding hydrogens is 256 g/mol. The van der Waals surface area contributed by atoms with E-state index >= 15 is 0 Å². The highest BCUT2D eigenvalue weighted by atomic mass is 32.1. The fraction of sp³-hybridized carbons (Fsp3) is 0.357. The average Bonchev–Trinajstić information content (AvgIpc) is 2.81. The number of benzene rings is 1. The minimum Gasteiger partial charge on any atom is -0.346 e. The highest BCUT2D eigenvalue weighted by molar-refractivity contribution is 7.22. The molecule has 1 aromatic heterocycles.